The highest BCUT2D eigenvalue weighted by molar-refractivity contribution is 9.10. The third-order valence-electron chi connectivity index (χ3n) is 14.7. The van der Waals surface area contributed by atoms with Crippen molar-refractivity contribution in [2.24, 2.45) is 17.4 Å². The molecule has 2 aliphatic rings. The number of carbonyl (C=O) groups is 4. The summed E-state index contributed by atoms with van der Waals surface area (Å²) < 4.78 is 34.4. The Balaban J connectivity index is 0.851. The molecule has 9 aromatic rings. The lowest BCUT2D eigenvalue weighted by Gasteiger charge is -2.28. The maximum Gasteiger partial charge on any atom is 0.248 e. The average Bonchev–Trinajstić information content (AvgIpc) is 4.40. The third-order valence-corrected chi connectivity index (χ3v) is 15.6. The molecular formula is C59H49BrClF2N15O6. The van der Waals surface area contributed by atoms with Crippen molar-refractivity contribution in [2.75, 3.05) is 17.2 Å². The molecule has 424 valence electrons. The number of nitrogens with one attached hydrogen (secondary N) is 2. The standard InChI is InChI=1S/C59H49BrClF2N15O6/c1-2-31-20-48(59(84)70-43-9-5-7-39(52(43)63)38-6-3-4-8-42(38)61)78(51(80)28-77-46-16-12-34(36-24-68-30-69-25-36)19-41(46)54(74-77)57(65)82)44(31)14-10-32-13-17-49(71-55(32)60)72-58(83)47-21-37(62)26-75(47)50(79)27-76-45-15-11-33(35-22-66-29-67-23-35)18-40(45)53(73-76)56(64)81/h2-9,11-13,15-19,22-25,29-31,37,44,47-48,56-57,81-82H,1,20-21,26-28,64-65H2,(H,70,84)(H,71,72,83)/t31-,37-,44-,47+,48+,56?,57?/m1/s1. The van der Waals surface area contributed by atoms with Crippen LogP contribution in [-0.2, 0) is 32.3 Å². The number of rotatable bonds is 14. The Morgan fingerprint density at radius 3 is 1.92 bits per heavy atom. The summed E-state index contributed by atoms with van der Waals surface area (Å²) >= 11 is 9.90. The number of amides is 4. The van der Waals surface area contributed by atoms with Crippen LogP contribution in [0.3, 0.4) is 0 Å². The molecule has 5 aromatic heterocycles. The normalized spacial score (nSPS) is 18.3. The largest absolute Gasteiger partial charge is 0.373 e. The van der Waals surface area contributed by atoms with Crippen molar-refractivity contribution >= 4 is 84.5 Å². The lowest BCUT2D eigenvalue weighted by Crippen LogP contribution is -2.48. The van der Waals surface area contributed by atoms with Gasteiger partial charge in [-0.05, 0) is 82.0 Å². The molecule has 2 saturated heterocycles. The van der Waals surface area contributed by atoms with Crippen LogP contribution in [0.1, 0.15) is 42.2 Å². The van der Waals surface area contributed by atoms with E-state index >= 15 is 13.6 Å². The minimum atomic E-state index is -1.54. The monoisotopic (exact) mass is 1220 g/mol. The average molecular weight is 1220 g/mol. The van der Waals surface area contributed by atoms with E-state index in [-0.39, 0.29) is 52.4 Å². The van der Waals surface area contributed by atoms with Crippen molar-refractivity contribution in [2.45, 2.75) is 62.7 Å². The molecular weight excluding hydrogens is 1170 g/mol. The Morgan fingerprint density at radius 1 is 0.750 bits per heavy atom. The maximum atomic E-state index is 16.4. The molecule has 7 atom stereocenters. The van der Waals surface area contributed by atoms with E-state index in [4.69, 9.17) is 23.1 Å². The number of fused-ring (bicyclic) bond motifs is 2. The number of alkyl halides is 1. The molecule has 84 heavy (non-hydrogen) atoms. The van der Waals surface area contributed by atoms with Gasteiger partial charge in [0.05, 0.1) is 28.8 Å². The molecule has 0 radical (unpaired) electrons. The SMILES string of the molecule is C=C[C@@H]1C[C@@H](C(=O)Nc2cccc(-c3ccccc3Cl)c2F)N(C(=O)Cn2nc(C(N)O)c3cc(-c4cncnc4)ccc32)[C@@H]1C#Cc1ccc(NC(=O)[C@@H]2C[C@@H](F)CN2C(=O)Cn2nc(C(N)O)c3cc(-c4cncnc4)ccc32)nc1Br. The number of nitrogens with zero attached hydrogens (tertiary/aromatic N) is 11. The summed E-state index contributed by atoms with van der Waals surface area (Å²) in [5.74, 6) is 2.22. The second kappa shape index (κ2) is 23.9. The summed E-state index contributed by atoms with van der Waals surface area (Å²) in [6, 6.07) is 21.1. The zero-order valence-corrected chi connectivity index (χ0v) is 46.4. The van der Waals surface area contributed by atoms with Gasteiger partial charge in [0.25, 0.3) is 0 Å². The zero-order chi connectivity index (χ0) is 58.9. The molecule has 7 heterocycles. The number of nitrogens with two attached hydrogens (primary N) is 2. The Labute approximate surface area is 490 Å². The molecule has 21 nitrogen and oxygen atoms in total. The molecule has 2 aliphatic heterocycles. The zero-order valence-electron chi connectivity index (χ0n) is 44.1. The minimum absolute atomic E-state index is 0.0222. The number of hydrogen-bond acceptors (Lipinski definition) is 15. The van der Waals surface area contributed by atoms with E-state index in [0.29, 0.717) is 60.2 Å². The fraction of sp³-hybridized carbons (Fsp3) is 0.203. The van der Waals surface area contributed by atoms with E-state index < -0.39 is 85.2 Å². The van der Waals surface area contributed by atoms with E-state index in [0.717, 1.165) is 4.90 Å². The van der Waals surface area contributed by atoms with E-state index in [1.807, 2.05) is 0 Å². The van der Waals surface area contributed by atoms with Gasteiger partial charge >= 0.3 is 0 Å². The number of benzene rings is 4. The van der Waals surface area contributed by atoms with E-state index in [1.54, 1.807) is 104 Å². The van der Waals surface area contributed by atoms with Crippen LogP contribution in [0.4, 0.5) is 20.3 Å². The Hall–Kier alpha value is -9.22. The second-order valence-electron chi connectivity index (χ2n) is 19.9. The Morgan fingerprint density at radius 2 is 1.33 bits per heavy atom. The summed E-state index contributed by atoms with van der Waals surface area (Å²) in [7, 11) is 0. The van der Waals surface area contributed by atoms with Gasteiger partial charge in [0.15, 0.2) is 5.82 Å². The summed E-state index contributed by atoms with van der Waals surface area (Å²) in [4.78, 5) is 80.7. The van der Waals surface area contributed by atoms with Gasteiger partial charge < -0.3 is 42.1 Å². The smallest absolute Gasteiger partial charge is 0.248 e. The van der Waals surface area contributed by atoms with Gasteiger partial charge in [-0.1, -0.05) is 72.0 Å². The van der Waals surface area contributed by atoms with E-state index in [2.05, 4.69) is 80.1 Å². The van der Waals surface area contributed by atoms with E-state index in [9.17, 15) is 24.6 Å². The summed E-state index contributed by atoms with van der Waals surface area (Å²) in [6.07, 6.45) is 6.01. The van der Waals surface area contributed by atoms with Crippen molar-refractivity contribution in [1.29, 1.82) is 0 Å². The van der Waals surface area contributed by atoms with Gasteiger partial charge in [0.2, 0.25) is 23.6 Å². The van der Waals surface area contributed by atoms with Crippen molar-refractivity contribution < 1.29 is 38.2 Å². The highest BCUT2D eigenvalue weighted by Gasteiger charge is 2.46. The molecule has 0 saturated carbocycles. The predicted molar refractivity (Wildman–Crippen MR) is 310 cm³/mol. The first-order valence-corrected chi connectivity index (χ1v) is 27.3. The Bertz CT molecular complexity index is 4120. The van der Waals surface area contributed by atoms with Crippen LogP contribution >= 0.6 is 27.5 Å². The molecule has 4 amide bonds. The predicted octanol–water partition coefficient (Wildman–Crippen LogP) is 6.86. The quantitative estimate of drug-likeness (QED) is 0.0281. The minimum Gasteiger partial charge on any atom is -0.373 e. The first-order valence-electron chi connectivity index (χ1n) is 26.1. The molecule has 0 spiro atoms. The van der Waals surface area contributed by atoms with Crippen LogP contribution in [0.25, 0.3) is 55.2 Å². The molecule has 2 fully saturated rings. The van der Waals surface area contributed by atoms with Crippen LogP contribution in [0.2, 0.25) is 5.02 Å². The van der Waals surface area contributed by atoms with Crippen LogP contribution < -0.4 is 22.1 Å². The first kappa shape index (κ1) is 56.6. The fourth-order valence-corrected chi connectivity index (χ4v) is 11.3. The van der Waals surface area contributed by atoms with Gasteiger partial charge in [0.1, 0.15) is 84.3 Å². The third kappa shape index (κ3) is 11.3. The van der Waals surface area contributed by atoms with Crippen LogP contribution in [0.5, 0.6) is 0 Å². The fourth-order valence-electron chi connectivity index (χ4n) is 10.6. The van der Waals surface area contributed by atoms with Crippen molar-refractivity contribution in [3.05, 3.63) is 173 Å². The van der Waals surface area contributed by atoms with Crippen LogP contribution in [-0.4, -0.2) is 119 Å². The summed E-state index contributed by atoms with van der Waals surface area (Å²) in [5.41, 5.74) is 16.4. The van der Waals surface area contributed by atoms with Crippen LogP contribution in [0.15, 0.2) is 146 Å². The lowest BCUT2D eigenvalue weighted by molar-refractivity contribution is -0.138. The summed E-state index contributed by atoms with van der Waals surface area (Å²) in [5, 5.41) is 36.7. The molecule has 11 rings (SSSR count). The van der Waals surface area contributed by atoms with Gasteiger partial charge in [-0.2, -0.15) is 10.2 Å². The molecule has 0 bridgehead atoms. The van der Waals surface area contributed by atoms with Gasteiger partial charge in [-0.25, -0.2) is 33.7 Å². The highest BCUT2D eigenvalue weighted by Crippen LogP contribution is 2.37. The van der Waals surface area contributed by atoms with Crippen LogP contribution in [0, 0.1) is 23.6 Å². The number of halogens is 4. The second-order valence-corrected chi connectivity index (χ2v) is 21.1. The first-order chi connectivity index (χ1) is 40.5. The van der Waals surface area contributed by atoms with E-state index in [1.165, 1.54) is 45.1 Å². The van der Waals surface area contributed by atoms with Crippen molar-refractivity contribution in [1.82, 2.24) is 54.3 Å². The number of aromatic nitrogens is 9. The number of aliphatic hydroxyl groups is 2. The Kier molecular flexibility index (Phi) is 16.1. The number of anilines is 2. The summed E-state index contributed by atoms with van der Waals surface area (Å²) in [6.45, 7) is 2.79. The van der Waals surface area contributed by atoms with Gasteiger partial charge in [0, 0.05) is 75.2 Å². The molecule has 4 aromatic carbocycles. The maximum absolute atomic E-state index is 16.4. The number of pyridine rings is 1. The van der Waals surface area contributed by atoms with Crippen molar-refractivity contribution in [3.8, 4) is 45.2 Å². The molecule has 2 unspecified atom stereocenters. The number of aliphatic hydroxyl groups excluding tert-OH is 2. The number of likely N-dealkylation sites (tertiary alicyclic amines) is 2. The molecule has 25 heteroatoms. The lowest BCUT2D eigenvalue weighted by atomic mass is 9.99. The molecule has 8 N–H and O–H groups in total. The van der Waals surface area contributed by atoms with Crippen molar-refractivity contribution in [3.63, 3.8) is 0 Å². The van der Waals surface area contributed by atoms with Gasteiger partial charge in [-0.3, -0.25) is 28.5 Å². The highest BCUT2D eigenvalue weighted by atomic mass is 79.9. The molecule has 0 aliphatic carbocycles. The number of carbonyl (C=O) groups excluding carboxylic acids is 4. The van der Waals surface area contributed by atoms with Gasteiger partial charge in [-0.15, -0.1) is 6.58 Å². The topological polar surface area (TPSA) is 291 Å². The number of hydrogen-bond donors (Lipinski definition) is 6.